The van der Waals surface area contributed by atoms with E-state index in [9.17, 15) is 4.79 Å². The molecule has 4 aliphatic rings. The van der Waals surface area contributed by atoms with Crippen molar-refractivity contribution in [3.05, 3.63) is 21.9 Å². The third-order valence-corrected chi connectivity index (χ3v) is 7.43. The van der Waals surface area contributed by atoms with E-state index >= 15 is 0 Å². The molecule has 4 aliphatic carbocycles. The molecule has 1 aromatic heterocycles. The fourth-order valence-electron chi connectivity index (χ4n) is 5.53. The maximum Gasteiger partial charge on any atom is 0.261 e. The molecule has 0 radical (unpaired) electrons. The second-order valence-electron chi connectivity index (χ2n) is 7.63. The van der Waals surface area contributed by atoms with Crippen molar-refractivity contribution in [1.82, 2.24) is 5.32 Å². The molecule has 4 saturated carbocycles. The van der Waals surface area contributed by atoms with E-state index in [1.54, 1.807) is 0 Å². The van der Waals surface area contributed by atoms with Gasteiger partial charge in [-0.05, 0) is 79.7 Å². The zero-order valence-corrected chi connectivity index (χ0v) is 14.2. The summed E-state index contributed by atoms with van der Waals surface area (Å²) >= 11 is 1.53. The van der Waals surface area contributed by atoms with Gasteiger partial charge in [-0.25, -0.2) is 0 Å². The molecule has 0 saturated heterocycles. The average molecular weight is 319 g/mol. The van der Waals surface area contributed by atoms with Gasteiger partial charge in [-0.15, -0.1) is 11.3 Å². The number of nitrogens with one attached hydrogen (secondary N) is 1. The van der Waals surface area contributed by atoms with Crippen molar-refractivity contribution in [1.29, 1.82) is 0 Å². The van der Waals surface area contributed by atoms with Crippen molar-refractivity contribution in [3.8, 4) is 0 Å². The standard InChI is InChI=1S/C18H25NO2S/c1-11-3-16(22-9-11)17(20)19-10-18(21-2)14-5-12-4-13(7-14)8-15(18)6-12/h3,9,12-15H,4-8,10H2,1-2H3,(H,19,20). The topological polar surface area (TPSA) is 38.3 Å². The van der Waals surface area contributed by atoms with E-state index < -0.39 is 0 Å². The molecule has 1 amide bonds. The van der Waals surface area contributed by atoms with Gasteiger partial charge < -0.3 is 10.1 Å². The third kappa shape index (κ3) is 2.23. The number of aryl methyl sites for hydroxylation is 1. The molecule has 4 bridgehead atoms. The molecule has 1 heterocycles. The van der Waals surface area contributed by atoms with Gasteiger partial charge in [0.2, 0.25) is 0 Å². The first-order chi connectivity index (χ1) is 10.6. The van der Waals surface area contributed by atoms with Crippen molar-refractivity contribution in [2.45, 2.75) is 44.6 Å². The van der Waals surface area contributed by atoms with E-state index in [1.807, 2.05) is 25.5 Å². The monoisotopic (exact) mass is 319 g/mol. The predicted molar refractivity (Wildman–Crippen MR) is 88.2 cm³/mol. The van der Waals surface area contributed by atoms with Crippen LogP contribution in [0.4, 0.5) is 0 Å². The number of carbonyl (C=O) groups is 1. The van der Waals surface area contributed by atoms with Gasteiger partial charge in [-0.3, -0.25) is 4.79 Å². The Bertz CT molecular complexity index is 551. The van der Waals surface area contributed by atoms with Crippen LogP contribution in [-0.4, -0.2) is 25.2 Å². The van der Waals surface area contributed by atoms with Crippen LogP contribution in [0.2, 0.25) is 0 Å². The second kappa shape index (κ2) is 5.34. The summed E-state index contributed by atoms with van der Waals surface area (Å²) in [7, 11) is 1.85. The van der Waals surface area contributed by atoms with E-state index in [1.165, 1.54) is 43.4 Å². The SMILES string of the molecule is COC1(CNC(=O)c2cc(C)cs2)C2CC3CC(C2)CC1C3. The van der Waals surface area contributed by atoms with Gasteiger partial charge in [0, 0.05) is 13.7 Å². The Hall–Kier alpha value is -0.870. The molecular formula is C18H25NO2S. The number of carbonyl (C=O) groups excluding carboxylic acids is 1. The first kappa shape index (κ1) is 14.7. The van der Waals surface area contributed by atoms with Gasteiger partial charge in [0.25, 0.3) is 5.91 Å². The molecule has 4 heteroatoms. The fraction of sp³-hybridized carbons (Fsp3) is 0.722. The summed E-state index contributed by atoms with van der Waals surface area (Å²) < 4.78 is 6.09. The molecule has 4 fully saturated rings. The van der Waals surface area contributed by atoms with Crippen molar-refractivity contribution in [2.24, 2.45) is 23.7 Å². The van der Waals surface area contributed by atoms with Crippen LogP contribution in [0.3, 0.4) is 0 Å². The number of thiophene rings is 1. The molecule has 0 spiro atoms. The van der Waals surface area contributed by atoms with Crippen LogP contribution in [0.25, 0.3) is 0 Å². The number of rotatable bonds is 4. The molecule has 1 N–H and O–H groups in total. The fourth-order valence-corrected chi connectivity index (χ4v) is 6.35. The lowest BCUT2D eigenvalue weighted by Gasteiger charge is -2.60. The summed E-state index contributed by atoms with van der Waals surface area (Å²) in [5.41, 5.74) is 1.04. The van der Waals surface area contributed by atoms with Crippen molar-refractivity contribution in [2.75, 3.05) is 13.7 Å². The number of methoxy groups -OCH3 is 1. The molecule has 0 unspecified atom stereocenters. The van der Waals surface area contributed by atoms with Crippen LogP contribution in [0.5, 0.6) is 0 Å². The lowest BCUT2D eigenvalue weighted by Crippen LogP contribution is -2.63. The Morgan fingerprint density at radius 3 is 2.41 bits per heavy atom. The van der Waals surface area contributed by atoms with Gasteiger partial charge in [0.05, 0.1) is 10.5 Å². The van der Waals surface area contributed by atoms with Crippen molar-refractivity contribution >= 4 is 17.2 Å². The van der Waals surface area contributed by atoms with Gasteiger partial charge in [0.15, 0.2) is 0 Å². The summed E-state index contributed by atoms with van der Waals surface area (Å²) in [5, 5.41) is 5.21. The Morgan fingerprint density at radius 2 is 1.91 bits per heavy atom. The number of amides is 1. The number of ether oxygens (including phenoxy) is 1. The molecule has 5 rings (SSSR count). The van der Waals surface area contributed by atoms with E-state index in [0.29, 0.717) is 18.4 Å². The lowest BCUT2D eigenvalue weighted by atomic mass is 9.49. The van der Waals surface area contributed by atoms with Crippen LogP contribution in [-0.2, 0) is 4.74 Å². The first-order valence-electron chi connectivity index (χ1n) is 8.49. The third-order valence-electron chi connectivity index (χ3n) is 6.38. The molecule has 0 aliphatic heterocycles. The quantitative estimate of drug-likeness (QED) is 0.920. The van der Waals surface area contributed by atoms with Crippen LogP contribution in [0.15, 0.2) is 11.4 Å². The second-order valence-corrected chi connectivity index (χ2v) is 8.55. The molecule has 22 heavy (non-hydrogen) atoms. The Balaban J connectivity index is 1.49. The highest BCUT2D eigenvalue weighted by Gasteiger charge is 2.57. The minimum atomic E-state index is -0.116. The van der Waals surface area contributed by atoms with Crippen molar-refractivity contribution < 1.29 is 9.53 Å². The minimum absolute atomic E-state index is 0.0586. The Labute approximate surface area is 136 Å². The highest BCUT2D eigenvalue weighted by atomic mass is 32.1. The van der Waals surface area contributed by atoms with Crippen molar-refractivity contribution in [3.63, 3.8) is 0 Å². The molecule has 120 valence electrons. The first-order valence-corrected chi connectivity index (χ1v) is 9.37. The number of hydrogen-bond donors (Lipinski definition) is 1. The zero-order valence-electron chi connectivity index (χ0n) is 13.4. The zero-order chi connectivity index (χ0) is 15.3. The Morgan fingerprint density at radius 1 is 1.27 bits per heavy atom. The molecular weight excluding hydrogens is 294 g/mol. The van der Waals surface area contributed by atoms with Crippen LogP contribution in [0, 0.1) is 30.6 Å². The van der Waals surface area contributed by atoms with Crippen LogP contribution >= 0.6 is 11.3 Å². The van der Waals surface area contributed by atoms with E-state index in [-0.39, 0.29) is 11.5 Å². The van der Waals surface area contributed by atoms with Crippen LogP contribution < -0.4 is 5.32 Å². The van der Waals surface area contributed by atoms with E-state index in [0.717, 1.165) is 22.3 Å². The molecule has 1 aromatic rings. The van der Waals surface area contributed by atoms with Gasteiger partial charge in [-0.2, -0.15) is 0 Å². The Kier molecular flexibility index (Phi) is 3.57. The maximum absolute atomic E-state index is 12.4. The molecule has 0 atom stereocenters. The van der Waals surface area contributed by atoms with Gasteiger partial charge >= 0.3 is 0 Å². The largest absolute Gasteiger partial charge is 0.376 e. The summed E-state index contributed by atoms with van der Waals surface area (Å²) in [6, 6.07) is 1.97. The highest BCUT2D eigenvalue weighted by Crippen LogP contribution is 2.59. The smallest absolute Gasteiger partial charge is 0.261 e. The summed E-state index contributed by atoms with van der Waals surface area (Å²) in [5.74, 6) is 3.17. The molecule has 0 aromatic carbocycles. The summed E-state index contributed by atoms with van der Waals surface area (Å²) in [4.78, 5) is 13.2. The molecule has 3 nitrogen and oxygen atoms in total. The van der Waals surface area contributed by atoms with Crippen LogP contribution in [0.1, 0.15) is 47.3 Å². The summed E-state index contributed by atoms with van der Waals surface area (Å²) in [6.45, 7) is 2.70. The van der Waals surface area contributed by atoms with E-state index in [4.69, 9.17) is 4.74 Å². The number of hydrogen-bond acceptors (Lipinski definition) is 3. The highest BCUT2D eigenvalue weighted by molar-refractivity contribution is 7.12. The van der Waals surface area contributed by atoms with Gasteiger partial charge in [-0.1, -0.05) is 0 Å². The normalized spacial score (nSPS) is 39.2. The van der Waals surface area contributed by atoms with Gasteiger partial charge in [0.1, 0.15) is 0 Å². The minimum Gasteiger partial charge on any atom is -0.376 e. The average Bonchev–Trinajstić information content (AvgIpc) is 2.93. The summed E-state index contributed by atoms with van der Waals surface area (Å²) in [6.07, 6.45) is 6.64. The van der Waals surface area contributed by atoms with E-state index in [2.05, 4.69) is 5.32 Å². The lowest BCUT2D eigenvalue weighted by molar-refractivity contribution is -0.186. The predicted octanol–water partition coefficient (Wildman–Crippen LogP) is 3.63. The maximum atomic E-state index is 12.4.